The van der Waals surface area contributed by atoms with E-state index in [9.17, 15) is 4.79 Å². The van der Waals surface area contributed by atoms with Crippen molar-refractivity contribution in [2.45, 2.75) is 32.0 Å². The van der Waals surface area contributed by atoms with E-state index in [1.807, 2.05) is 18.3 Å². The summed E-state index contributed by atoms with van der Waals surface area (Å²) in [5.74, 6) is 0.0146. The van der Waals surface area contributed by atoms with Gasteiger partial charge in [-0.3, -0.25) is 14.7 Å². The van der Waals surface area contributed by atoms with Crippen LogP contribution in [-0.4, -0.2) is 40.5 Å². The summed E-state index contributed by atoms with van der Waals surface area (Å²) in [5, 5.41) is 2.91. The van der Waals surface area contributed by atoms with E-state index in [1.54, 1.807) is 6.20 Å². The molecule has 1 atom stereocenters. The van der Waals surface area contributed by atoms with Crippen LogP contribution in [0.2, 0.25) is 0 Å². The molecule has 98 valence electrons. The second kappa shape index (κ2) is 5.04. The number of piperazine rings is 1. The van der Waals surface area contributed by atoms with Gasteiger partial charge in [-0.1, -0.05) is 6.07 Å². The third-order valence-electron chi connectivity index (χ3n) is 3.45. The first kappa shape index (κ1) is 13.0. The first-order valence-electron chi connectivity index (χ1n) is 6.18. The van der Waals surface area contributed by atoms with Crippen LogP contribution in [0.3, 0.4) is 0 Å². The summed E-state index contributed by atoms with van der Waals surface area (Å²) in [5.41, 5.74) is 6.73. The van der Waals surface area contributed by atoms with Crippen molar-refractivity contribution in [1.29, 1.82) is 0 Å². The molecule has 1 aliphatic rings. The lowest BCUT2D eigenvalue weighted by molar-refractivity contribution is -0.134. The number of carbonyl (C=O) groups excluding carboxylic acids is 1. The monoisotopic (exact) mass is 248 g/mol. The largest absolute Gasteiger partial charge is 0.353 e. The van der Waals surface area contributed by atoms with E-state index in [4.69, 9.17) is 5.73 Å². The number of rotatable bonds is 3. The van der Waals surface area contributed by atoms with Crippen LogP contribution in [0, 0.1) is 0 Å². The maximum absolute atomic E-state index is 11.9. The number of nitrogens with one attached hydrogen (secondary N) is 1. The fourth-order valence-corrected chi connectivity index (χ4v) is 2.33. The zero-order chi connectivity index (χ0) is 13.2. The summed E-state index contributed by atoms with van der Waals surface area (Å²) >= 11 is 0. The lowest BCUT2D eigenvalue weighted by Gasteiger charge is -2.46. The molecule has 0 saturated carbocycles. The molecule has 18 heavy (non-hydrogen) atoms. The molecule has 0 aromatic carbocycles. The maximum atomic E-state index is 11.9. The van der Waals surface area contributed by atoms with Gasteiger partial charge in [0.15, 0.2) is 0 Å². The van der Waals surface area contributed by atoms with Crippen LogP contribution in [0.25, 0.3) is 0 Å². The molecule has 0 radical (unpaired) electrons. The van der Waals surface area contributed by atoms with Crippen LogP contribution in [0.1, 0.15) is 19.4 Å². The molecule has 0 aliphatic carbocycles. The van der Waals surface area contributed by atoms with Gasteiger partial charge < -0.3 is 11.1 Å². The Labute approximate surface area is 107 Å². The molecule has 0 spiro atoms. The van der Waals surface area contributed by atoms with E-state index in [0.717, 1.165) is 5.56 Å². The highest BCUT2D eigenvalue weighted by atomic mass is 16.2. The highest BCUT2D eigenvalue weighted by molar-refractivity contribution is 5.83. The van der Waals surface area contributed by atoms with Crippen molar-refractivity contribution in [3.8, 4) is 0 Å². The van der Waals surface area contributed by atoms with Crippen molar-refractivity contribution in [1.82, 2.24) is 15.2 Å². The second-order valence-corrected chi connectivity index (χ2v) is 5.27. The van der Waals surface area contributed by atoms with E-state index in [-0.39, 0.29) is 17.5 Å². The Morgan fingerprint density at radius 3 is 3.00 bits per heavy atom. The number of hydrogen-bond acceptors (Lipinski definition) is 4. The van der Waals surface area contributed by atoms with Crippen molar-refractivity contribution in [3.63, 3.8) is 0 Å². The quantitative estimate of drug-likeness (QED) is 0.797. The van der Waals surface area contributed by atoms with Crippen molar-refractivity contribution in [2.75, 3.05) is 13.1 Å². The third kappa shape index (κ3) is 2.52. The Morgan fingerprint density at radius 1 is 1.61 bits per heavy atom. The molecule has 2 rings (SSSR count). The van der Waals surface area contributed by atoms with E-state index < -0.39 is 0 Å². The average Bonchev–Trinajstić information content (AvgIpc) is 2.36. The molecule has 1 unspecified atom stereocenters. The third-order valence-corrected chi connectivity index (χ3v) is 3.45. The van der Waals surface area contributed by atoms with Crippen LogP contribution in [0.5, 0.6) is 0 Å². The number of nitrogens with zero attached hydrogens (tertiary/aromatic N) is 2. The predicted molar refractivity (Wildman–Crippen MR) is 69.7 cm³/mol. The lowest BCUT2D eigenvalue weighted by atomic mass is 9.95. The molecule has 1 aliphatic heterocycles. The fraction of sp³-hybridized carbons (Fsp3) is 0.538. The standard InChI is InChI=1S/C13H20N4O/c1-13(2)9-16-12(18)11(6-14)17(13)8-10-4-3-5-15-7-10/h3-5,7,11H,6,8-9,14H2,1-2H3,(H,16,18). The van der Waals surface area contributed by atoms with Gasteiger partial charge in [0.1, 0.15) is 6.04 Å². The minimum Gasteiger partial charge on any atom is -0.353 e. The van der Waals surface area contributed by atoms with E-state index >= 15 is 0 Å². The molecular formula is C13H20N4O. The smallest absolute Gasteiger partial charge is 0.238 e. The minimum atomic E-state index is -0.269. The van der Waals surface area contributed by atoms with Crippen LogP contribution in [0.15, 0.2) is 24.5 Å². The highest BCUT2D eigenvalue weighted by Crippen LogP contribution is 2.23. The second-order valence-electron chi connectivity index (χ2n) is 5.27. The van der Waals surface area contributed by atoms with Gasteiger partial charge in [-0.2, -0.15) is 0 Å². The summed E-state index contributed by atoms with van der Waals surface area (Å²) in [6.45, 7) is 5.89. The van der Waals surface area contributed by atoms with Crippen LogP contribution in [0.4, 0.5) is 0 Å². The normalized spacial score (nSPS) is 23.7. The molecule has 3 N–H and O–H groups in total. The van der Waals surface area contributed by atoms with Gasteiger partial charge in [0.25, 0.3) is 0 Å². The molecule has 1 aromatic rings. The molecule has 0 bridgehead atoms. The van der Waals surface area contributed by atoms with Gasteiger partial charge >= 0.3 is 0 Å². The maximum Gasteiger partial charge on any atom is 0.238 e. The number of pyridine rings is 1. The fourth-order valence-electron chi connectivity index (χ4n) is 2.33. The molecule has 1 amide bonds. The molecule has 1 fully saturated rings. The number of amides is 1. The van der Waals surface area contributed by atoms with Gasteiger partial charge in [0.2, 0.25) is 5.91 Å². The summed E-state index contributed by atoms with van der Waals surface area (Å²) in [7, 11) is 0. The summed E-state index contributed by atoms with van der Waals surface area (Å²) in [6.07, 6.45) is 3.58. The van der Waals surface area contributed by atoms with Crippen LogP contribution < -0.4 is 11.1 Å². The van der Waals surface area contributed by atoms with Gasteiger partial charge in [-0.05, 0) is 25.5 Å². The molecule has 1 aromatic heterocycles. The Hall–Kier alpha value is -1.46. The van der Waals surface area contributed by atoms with Crippen LogP contribution in [-0.2, 0) is 11.3 Å². The topological polar surface area (TPSA) is 71.2 Å². The Bertz CT molecular complexity index is 418. The Kier molecular flexibility index (Phi) is 3.63. The zero-order valence-corrected chi connectivity index (χ0v) is 10.9. The first-order valence-corrected chi connectivity index (χ1v) is 6.18. The van der Waals surface area contributed by atoms with Gasteiger partial charge in [-0.15, -0.1) is 0 Å². The molecule has 5 nitrogen and oxygen atoms in total. The van der Waals surface area contributed by atoms with E-state index in [2.05, 4.69) is 29.0 Å². The van der Waals surface area contributed by atoms with Crippen molar-refractivity contribution in [2.24, 2.45) is 5.73 Å². The zero-order valence-electron chi connectivity index (χ0n) is 10.9. The van der Waals surface area contributed by atoms with E-state index in [0.29, 0.717) is 19.6 Å². The van der Waals surface area contributed by atoms with Crippen molar-refractivity contribution >= 4 is 5.91 Å². The molecule has 1 saturated heterocycles. The Morgan fingerprint density at radius 2 is 2.39 bits per heavy atom. The number of nitrogens with two attached hydrogens (primary N) is 1. The molecule has 5 heteroatoms. The SMILES string of the molecule is CC1(C)CNC(=O)C(CN)N1Cc1cccnc1. The predicted octanol–water partition coefficient (Wildman–Crippen LogP) is 0.119. The van der Waals surface area contributed by atoms with Crippen molar-refractivity contribution < 1.29 is 4.79 Å². The average molecular weight is 248 g/mol. The Balaban J connectivity index is 2.22. The summed E-state index contributed by atoms with van der Waals surface area (Å²) in [4.78, 5) is 18.1. The summed E-state index contributed by atoms with van der Waals surface area (Å²) in [6, 6.07) is 3.65. The van der Waals surface area contributed by atoms with E-state index in [1.165, 1.54) is 0 Å². The van der Waals surface area contributed by atoms with Gasteiger partial charge in [0.05, 0.1) is 0 Å². The number of hydrogen-bond donors (Lipinski definition) is 2. The molecular weight excluding hydrogens is 228 g/mol. The number of carbonyl (C=O) groups is 1. The highest BCUT2D eigenvalue weighted by Gasteiger charge is 2.40. The lowest BCUT2D eigenvalue weighted by Crippen LogP contribution is -2.66. The molecule has 2 heterocycles. The number of aromatic nitrogens is 1. The van der Waals surface area contributed by atoms with Crippen molar-refractivity contribution in [3.05, 3.63) is 30.1 Å². The van der Waals surface area contributed by atoms with Gasteiger partial charge in [0, 0.05) is 37.6 Å². The van der Waals surface area contributed by atoms with Crippen LogP contribution >= 0.6 is 0 Å². The van der Waals surface area contributed by atoms with Gasteiger partial charge in [-0.25, -0.2) is 0 Å². The minimum absolute atomic E-state index is 0.0146. The first-order chi connectivity index (χ1) is 8.54. The summed E-state index contributed by atoms with van der Waals surface area (Å²) < 4.78 is 0.